The molecule has 1 aromatic carbocycles. The standard InChI is InChI=1S/C15H16O2S/c1-2-17-15(16)10-7-8-14-12(9-10)11-5-3-4-6-13(11)18-14/h3-6,10H,2,7-9H2,1H3. The maximum absolute atomic E-state index is 11.8. The van der Waals surface area contributed by atoms with E-state index >= 15 is 0 Å². The van der Waals surface area contributed by atoms with Crippen LogP contribution in [0.1, 0.15) is 23.8 Å². The van der Waals surface area contributed by atoms with Gasteiger partial charge in [0, 0.05) is 9.58 Å². The third kappa shape index (κ3) is 1.93. The summed E-state index contributed by atoms with van der Waals surface area (Å²) in [4.78, 5) is 13.3. The summed E-state index contributed by atoms with van der Waals surface area (Å²) < 4.78 is 6.49. The minimum Gasteiger partial charge on any atom is -0.466 e. The summed E-state index contributed by atoms with van der Waals surface area (Å²) in [6.45, 7) is 2.35. The summed E-state index contributed by atoms with van der Waals surface area (Å²) >= 11 is 1.87. The number of aryl methyl sites for hydroxylation is 1. The topological polar surface area (TPSA) is 26.3 Å². The van der Waals surface area contributed by atoms with Crippen LogP contribution in [0.3, 0.4) is 0 Å². The summed E-state index contributed by atoms with van der Waals surface area (Å²) in [5, 5.41) is 1.33. The van der Waals surface area contributed by atoms with Gasteiger partial charge in [-0.15, -0.1) is 11.3 Å². The highest BCUT2D eigenvalue weighted by molar-refractivity contribution is 7.19. The molecule has 1 unspecified atom stereocenters. The van der Waals surface area contributed by atoms with E-state index in [1.807, 2.05) is 18.3 Å². The lowest BCUT2D eigenvalue weighted by Gasteiger charge is -2.20. The molecule has 0 spiro atoms. The van der Waals surface area contributed by atoms with Gasteiger partial charge in [0.1, 0.15) is 0 Å². The third-order valence-corrected chi connectivity index (χ3v) is 4.85. The maximum Gasteiger partial charge on any atom is 0.309 e. The highest BCUT2D eigenvalue weighted by Crippen LogP contribution is 2.38. The molecular formula is C15H16O2S. The lowest BCUT2D eigenvalue weighted by Crippen LogP contribution is -2.23. The average molecular weight is 260 g/mol. The predicted octanol–water partition coefficient (Wildman–Crippen LogP) is 3.57. The van der Waals surface area contributed by atoms with E-state index in [4.69, 9.17) is 4.74 Å². The van der Waals surface area contributed by atoms with Crippen LogP contribution < -0.4 is 0 Å². The van der Waals surface area contributed by atoms with E-state index < -0.39 is 0 Å². The van der Waals surface area contributed by atoms with Crippen molar-refractivity contribution < 1.29 is 9.53 Å². The van der Waals surface area contributed by atoms with Gasteiger partial charge >= 0.3 is 5.97 Å². The molecule has 0 saturated carbocycles. The zero-order valence-corrected chi connectivity index (χ0v) is 11.3. The summed E-state index contributed by atoms with van der Waals surface area (Å²) in [5.41, 5.74) is 1.37. The summed E-state index contributed by atoms with van der Waals surface area (Å²) in [5.74, 6) is 0.0221. The minimum atomic E-state index is -0.0292. The zero-order chi connectivity index (χ0) is 12.5. The lowest BCUT2D eigenvalue weighted by atomic mass is 9.87. The first-order valence-electron chi connectivity index (χ1n) is 6.45. The highest BCUT2D eigenvalue weighted by Gasteiger charge is 2.28. The van der Waals surface area contributed by atoms with Crippen molar-refractivity contribution in [3.63, 3.8) is 0 Å². The van der Waals surface area contributed by atoms with Gasteiger partial charge in [-0.25, -0.2) is 0 Å². The molecule has 1 aromatic heterocycles. The van der Waals surface area contributed by atoms with E-state index in [-0.39, 0.29) is 11.9 Å². The Hall–Kier alpha value is -1.35. The Morgan fingerprint density at radius 1 is 1.44 bits per heavy atom. The van der Waals surface area contributed by atoms with E-state index in [0.717, 1.165) is 19.3 Å². The van der Waals surface area contributed by atoms with Crippen LogP contribution in [0, 0.1) is 5.92 Å². The molecular weight excluding hydrogens is 244 g/mol. The Bertz CT molecular complexity index is 585. The molecule has 0 fully saturated rings. The van der Waals surface area contributed by atoms with Crippen LogP contribution in [0.2, 0.25) is 0 Å². The van der Waals surface area contributed by atoms with Crippen molar-refractivity contribution in [2.45, 2.75) is 26.2 Å². The average Bonchev–Trinajstić information content (AvgIpc) is 2.76. The molecule has 1 atom stereocenters. The first-order chi connectivity index (χ1) is 8.79. The fraction of sp³-hybridized carbons (Fsp3) is 0.400. The second kappa shape index (κ2) is 4.73. The van der Waals surface area contributed by atoms with Crippen LogP contribution in [0.25, 0.3) is 10.1 Å². The van der Waals surface area contributed by atoms with Gasteiger partial charge in [-0.3, -0.25) is 4.79 Å². The largest absolute Gasteiger partial charge is 0.466 e. The van der Waals surface area contributed by atoms with Gasteiger partial charge in [0.15, 0.2) is 0 Å². The quantitative estimate of drug-likeness (QED) is 0.772. The number of carbonyl (C=O) groups is 1. The van der Waals surface area contributed by atoms with E-state index in [1.165, 1.54) is 20.5 Å². The molecule has 0 radical (unpaired) electrons. The molecule has 1 aliphatic rings. The van der Waals surface area contributed by atoms with Crippen LogP contribution in [0.4, 0.5) is 0 Å². The number of esters is 1. The summed E-state index contributed by atoms with van der Waals surface area (Å²) in [7, 11) is 0. The van der Waals surface area contributed by atoms with Crippen LogP contribution in [-0.4, -0.2) is 12.6 Å². The summed E-state index contributed by atoms with van der Waals surface area (Å²) in [6, 6.07) is 8.48. The molecule has 0 bridgehead atoms. The second-order valence-corrected chi connectivity index (χ2v) is 5.83. The second-order valence-electron chi connectivity index (χ2n) is 4.69. The first-order valence-corrected chi connectivity index (χ1v) is 7.27. The molecule has 2 aromatic rings. The Morgan fingerprint density at radius 2 is 2.28 bits per heavy atom. The van der Waals surface area contributed by atoms with Crippen molar-refractivity contribution in [3.05, 3.63) is 34.7 Å². The first kappa shape index (κ1) is 11.7. The minimum absolute atomic E-state index is 0.0292. The zero-order valence-electron chi connectivity index (χ0n) is 10.4. The molecule has 1 heterocycles. The fourth-order valence-corrected chi connectivity index (χ4v) is 3.94. The third-order valence-electron chi connectivity index (χ3n) is 3.57. The van der Waals surface area contributed by atoms with E-state index in [2.05, 4.69) is 24.3 Å². The Morgan fingerprint density at radius 3 is 3.11 bits per heavy atom. The molecule has 0 aliphatic heterocycles. The Balaban J connectivity index is 1.94. The molecule has 2 nitrogen and oxygen atoms in total. The van der Waals surface area contributed by atoms with Crippen molar-refractivity contribution >= 4 is 27.4 Å². The monoisotopic (exact) mass is 260 g/mol. The van der Waals surface area contributed by atoms with Gasteiger partial charge in [0.05, 0.1) is 12.5 Å². The van der Waals surface area contributed by atoms with Crippen LogP contribution in [0.15, 0.2) is 24.3 Å². The molecule has 18 heavy (non-hydrogen) atoms. The number of hydrogen-bond donors (Lipinski definition) is 0. The summed E-state index contributed by atoms with van der Waals surface area (Å²) in [6.07, 6.45) is 2.79. The number of benzene rings is 1. The van der Waals surface area contributed by atoms with Crippen LogP contribution >= 0.6 is 11.3 Å². The number of ether oxygens (including phenoxy) is 1. The van der Waals surface area contributed by atoms with Gasteiger partial charge < -0.3 is 4.74 Å². The fourth-order valence-electron chi connectivity index (χ4n) is 2.69. The predicted molar refractivity (Wildman–Crippen MR) is 74.0 cm³/mol. The molecule has 0 saturated heterocycles. The molecule has 0 amide bonds. The van der Waals surface area contributed by atoms with Crippen molar-refractivity contribution in [1.29, 1.82) is 0 Å². The number of fused-ring (bicyclic) bond motifs is 3. The normalized spacial score (nSPS) is 18.6. The van der Waals surface area contributed by atoms with Gasteiger partial charge in [0.2, 0.25) is 0 Å². The van der Waals surface area contributed by atoms with E-state index in [0.29, 0.717) is 6.61 Å². The lowest BCUT2D eigenvalue weighted by molar-refractivity contribution is -0.148. The van der Waals surface area contributed by atoms with Crippen LogP contribution in [-0.2, 0) is 22.4 Å². The van der Waals surface area contributed by atoms with Gasteiger partial charge in [-0.05, 0) is 43.2 Å². The number of thiophene rings is 1. The smallest absolute Gasteiger partial charge is 0.309 e. The van der Waals surface area contributed by atoms with Gasteiger partial charge in [0.25, 0.3) is 0 Å². The molecule has 3 heteroatoms. The molecule has 0 N–H and O–H groups in total. The molecule has 3 rings (SSSR count). The highest BCUT2D eigenvalue weighted by atomic mass is 32.1. The van der Waals surface area contributed by atoms with Crippen molar-refractivity contribution in [3.8, 4) is 0 Å². The maximum atomic E-state index is 11.8. The number of rotatable bonds is 2. The van der Waals surface area contributed by atoms with E-state index in [1.54, 1.807) is 0 Å². The van der Waals surface area contributed by atoms with Crippen molar-refractivity contribution in [2.24, 2.45) is 5.92 Å². The molecule has 1 aliphatic carbocycles. The van der Waals surface area contributed by atoms with Gasteiger partial charge in [-0.2, -0.15) is 0 Å². The molecule has 94 valence electrons. The Labute approximate surface area is 111 Å². The Kier molecular flexibility index (Phi) is 3.08. The van der Waals surface area contributed by atoms with Crippen molar-refractivity contribution in [2.75, 3.05) is 6.61 Å². The SMILES string of the molecule is CCOC(=O)C1CCc2sc3ccccc3c2C1. The van der Waals surface area contributed by atoms with Gasteiger partial charge in [-0.1, -0.05) is 18.2 Å². The number of carbonyl (C=O) groups excluding carboxylic acids is 1. The van der Waals surface area contributed by atoms with Crippen LogP contribution in [0.5, 0.6) is 0 Å². The van der Waals surface area contributed by atoms with E-state index in [9.17, 15) is 4.79 Å². The number of hydrogen-bond acceptors (Lipinski definition) is 3. The van der Waals surface area contributed by atoms with Crippen molar-refractivity contribution in [1.82, 2.24) is 0 Å².